The van der Waals surface area contributed by atoms with Crippen LogP contribution in [0.2, 0.25) is 0 Å². The zero-order valence-electron chi connectivity index (χ0n) is 24.9. The van der Waals surface area contributed by atoms with Crippen molar-refractivity contribution in [1.29, 1.82) is 0 Å². The lowest BCUT2D eigenvalue weighted by molar-refractivity contribution is 0.0943. The molecule has 210 valence electrons. The first-order valence-corrected chi connectivity index (χ1v) is 14.1. The first kappa shape index (κ1) is 28.7. The van der Waals surface area contributed by atoms with Gasteiger partial charge in [0, 0.05) is 48.8 Å². The molecule has 0 unspecified atom stereocenters. The normalized spacial score (nSPS) is 18.2. The highest BCUT2D eigenvalue weighted by Crippen LogP contribution is 2.40. The number of phenols is 1. The number of anilines is 2. The first-order chi connectivity index (χ1) is 18.2. The summed E-state index contributed by atoms with van der Waals surface area (Å²) in [5, 5.41) is 18.8. The van der Waals surface area contributed by atoms with Crippen LogP contribution in [0.3, 0.4) is 0 Å². The Bertz CT molecular complexity index is 1290. The lowest BCUT2D eigenvalue weighted by atomic mass is 9.78. The minimum absolute atomic E-state index is 0.0768. The van der Waals surface area contributed by atoms with Gasteiger partial charge >= 0.3 is 0 Å². The van der Waals surface area contributed by atoms with E-state index in [1.54, 1.807) is 0 Å². The number of hydrogen-bond acceptors (Lipinski definition) is 6. The van der Waals surface area contributed by atoms with Gasteiger partial charge in [0.15, 0.2) is 0 Å². The summed E-state index contributed by atoms with van der Waals surface area (Å²) in [5.74, 6) is 2.24. The van der Waals surface area contributed by atoms with Crippen molar-refractivity contribution < 1.29 is 9.90 Å². The molecule has 4 rings (SSSR count). The number of amides is 1. The van der Waals surface area contributed by atoms with Crippen LogP contribution in [0.5, 0.6) is 5.75 Å². The Balaban J connectivity index is 1.38. The maximum absolute atomic E-state index is 13.2. The van der Waals surface area contributed by atoms with Gasteiger partial charge in [-0.2, -0.15) is 4.98 Å². The van der Waals surface area contributed by atoms with E-state index in [-0.39, 0.29) is 16.7 Å². The highest BCUT2D eigenvalue weighted by Gasteiger charge is 2.28. The molecular weight excluding hydrogens is 486 g/mol. The second kappa shape index (κ2) is 11.0. The standard InChI is InChI=1S/C32H45N5O2/c1-31(2,3)24-17-21(18-25(27(24)38)32(4,5)6)29(39)33-19-20-13-15-22(16-14-20)34-30-35-26-12-10-9-11-23(26)28(36-30)37(7)8/h9-12,17-18,20,22,38H,13-16,19H2,1-8H3,(H,33,39)(H,34,35,36)/t20-,22+. The van der Waals surface area contributed by atoms with E-state index in [9.17, 15) is 9.90 Å². The van der Waals surface area contributed by atoms with Crippen LogP contribution in [-0.2, 0) is 10.8 Å². The van der Waals surface area contributed by atoms with Gasteiger partial charge in [-0.15, -0.1) is 0 Å². The van der Waals surface area contributed by atoms with E-state index in [1.165, 1.54) is 0 Å². The number of phenolic OH excluding ortho intramolecular Hbond substituents is 1. The van der Waals surface area contributed by atoms with Crippen molar-refractivity contribution in [2.75, 3.05) is 30.9 Å². The molecule has 39 heavy (non-hydrogen) atoms. The molecular formula is C32H45N5O2. The molecule has 1 fully saturated rings. The van der Waals surface area contributed by atoms with E-state index in [0.717, 1.165) is 53.5 Å². The average Bonchev–Trinajstić information content (AvgIpc) is 2.86. The molecule has 0 saturated heterocycles. The number of carbonyl (C=O) groups excluding carboxylic acids is 1. The molecule has 0 aliphatic heterocycles. The number of para-hydroxylation sites is 1. The van der Waals surface area contributed by atoms with E-state index in [1.807, 2.05) is 49.3 Å². The summed E-state index contributed by atoms with van der Waals surface area (Å²) >= 11 is 0. The Morgan fingerprint density at radius 2 is 1.54 bits per heavy atom. The number of rotatable bonds is 6. The first-order valence-electron chi connectivity index (χ1n) is 14.1. The Labute approximate surface area is 233 Å². The number of carbonyl (C=O) groups is 1. The second-order valence-corrected chi connectivity index (χ2v) is 13.3. The fourth-order valence-corrected chi connectivity index (χ4v) is 5.41. The van der Waals surface area contributed by atoms with Crippen LogP contribution in [0.15, 0.2) is 36.4 Å². The largest absolute Gasteiger partial charge is 0.507 e. The van der Waals surface area contributed by atoms with Crippen LogP contribution in [-0.4, -0.2) is 47.7 Å². The number of nitrogens with one attached hydrogen (secondary N) is 2. The number of nitrogens with zero attached hydrogens (tertiary/aromatic N) is 3. The van der Waals surface area contributed by atoms with Crippen LogP contribution in [0.25, 0.3) is 10.9 Å². The van der Waals surface area contributed by atoms with Crippen LogP contribution in [0.4, 0.5) is 11.8 Å². The van der Waals surface area contributed by atoms with Gasteiger partial charge in [-0.3, -0.25) is 4.79 Å². The van der Waals surface area contributed by atoms with E-state index >= 15 is 0 Å². The third-order valence-electron chi connectivity index (χ3n) is 7.73. The minimum atomic E-state index is -0.270. The molecule has 1 aromatic heterocycles. The summed E-state index contributed by atoms with van der Waals surface area (Å²) in [6.45, 7) is 13.0. The molecule has 1 aliphatic rings. The zero-order chi connectivity index (χ0) is 28.5. The molecule has 1 heterocycles. The van der Waals surface area contributed by atoms with Gasteiger partial charge in [-0.05, 0) is 66.7 Å². The van der Waals surface area contributed by atoms with Crippen LogP contribution in [0, 0.1) is 5.92 Å². The summed E-state index contributed by atoms with van der Waals surface area (Å²) in [6.07, 6.45) is 4.08. The minimum Gasteiger partial charge on any atom is -0.507 e. The Morgan fingerprint density at radius 1 is 0.949 bits per heavy atom. The summed E-state index contributed by atoms with van der Waals surface area (Å²) < 4.78 is 0. The van der Waals surface area contributed by atoms with Crippen molar-refractivity contribution in [3.05, 3.63) is 53.1 Å². The summed E-state index contributed by atoms with van der Waals surface area (Å²) in [5.41, 5.74) is 2.62. The monoisotopic (exact) mass is 531 g/mol. The van der Waals surface area contributed by atoms with Crippen LogP contribution >= 0.6 is 0 Å². The smallest absolute Gasteiger partial charge is 0.251 e. The van der Waals surface area contributed by atoms with E-state index in [4.69, 9.17) is 9.97 Å². The van der Waals surface area contributed by atoms with Crippen molar-refractivity contribution >= 4 is 28.6 Å². The molecule has 1 saturated carbocycles. The van der Waals surface area contributed by atoms with Gasteiger partial charge in [-0.25, -0.2) is 4.98 Å². The summed E-state index contributed by atoms with van der Waals surface area (Å²) in [4.78, 5) is 24.8. The lowest BCUT2D eigenvalue weighted by Gasteiger charge is -2.30. The fourth-order valence-electron chi connectivity index (χ4n) is 5.41. The van der Waals surface area contributed by atoms with Crippen LogP contribution in [0.1, 0.15) is 88.7 Å². The lowest BCUT2D eigenvalue weighted by Crippen LogP contribution is -2.34. The van der Waals surface area contributed by atoms with Crippen LogP contribution < -0.4 is 15.5 Å². The molecule has 0 spiro atoms. The second-order valence-electron chi connectivity index (χ2n) is 13.3. The molecule has 1 amide bonds. The maximum Gasteiger partial charge on any atom is 0.251 e. The van der Waals surface area contributed by atoms with Gasteiger partial charge in [0.2, 0.25) is 5.95 Å². The summed E-state index contributed by atoms with van der Waals surface area (Å²) in [6, 6.07) is 12.1. The van der Waals surface area contributed by atoms with E-state index in [2.05, 4.69) is 58.2 Å². The average molecular weight is 532 g/mol. The van der Waals surface area contributed by atoms with Crippen molar-refractivity contribution in [2.45, 2.75) is 84.1 Å². The molecule has 7 heteroatoms. The van der Waals surface area contributed by atoms with Crippen molar-refractivity contribution in [2.24, 2.45) is 5.92 Å². The van der Waals surface area contributed by atoms with E-state index in [0.29, 0.717) is 35.8 Å². The third kappa shape index (κ3) is 6.63. The molecule has 1 aliphatic carbocycles. The summed E-state index contributed by atoms with van der Waals surface area (Å²) in [7, 11) is 4.01. The Kier molecular flexibility index (Phi) is 8.10. The Hall–Kier alpha value is -3.35. The fraction of sp³-hybridized carbons (Fsp3) is 0.531. The number of aromatic hydroxyl groups is 1. The molecule has 7 nitrogen and oxygen atoms in total. The van der Waals surface area contributed by atoms with Crippen molar-refractivity contribution in [3.63, 3.8) is 0 Å². The topological polar surface area (TPSA) is 90.4 Å². The number of aromatic nitrogens is 2. The van der Waals surface area contributed by atoms with Gasteiger partial charge in [-0.1, -0.05) is 53.7 Å². The number of fused-ring (bicyclic) bond motifs is 1. The molecule has 3 aromatic rings. The predicted molar refractivity (Wildman–Crippen MR) is 161 cm³/mol. The number of hydrogen-bond donors (Lipinski definition) is 3. The Morgan fingerprint density at radius 3 is 2.10 bits per heavy atom. The van der Waals surface area contributed by atoms with E-state index < -0.39 is 0 Å². The SMILES string of the molecule is CN(C)c1nc(N[C@H]2CC[C@@H](CNC(=O)c3cc(C(C)(C)C)c(O)c(C(C)(C)C)c3)CC2)nc2ccccc12. The van der Waals surface area contributed by atoms with Crippen molar-refractivity contribution in [1.82, 2.24) is 15.3 Å². The molecule has 0 atom stereocenters. The van der Waals surface area contributed by atoms with Crippen molar-refractivity contribution in [3.8, 4) is 5.75 Å². The highest BCUT2D eigenvalue weighted by molar-refractivity contribution is 5.95. The molecule has 2 aromatic carbocycles. The maximum atomic E-state index is 13.2. The predicted octanol–water partition coefficient (Wildman–Crippen LogP) is 6.40. The highest BCUT2D eigenvalue weighted by atomic mass is 16.3. The molecule has 3 N–H and O–H groups in total. The quantitative estimate of drug-likeness (QED) is 0.341. The van der Waals surface area contributed by atoms with Gasteiger partial charge in [0.05, 0.1) is 5.52 Å². The van der Waals surface area contributed by atoms with Gasteiger partial charge < -0.3 is 20.6 Å². The number of benzene rings is 2. The molecule has 0 radical (unpaired) electrons. The molecule has 0 bridgehead atoms. The zero-order valence-corrected chi connectivity index (χ0v) is 24.9. The van der Waals surface area contributed by atoms with Gasteiger partial charge in [0.25, 0.3) is 5.91 Å². The third-order valence-corrected chi connectivity index (χ3v) is 7.73. The van der Waals surface area contributed by atoms with Gasteiger partial charge in [0.1, 0.15) is 11.6 Å².